The lowest BCUT2D eigenvalue weighted by molar-refractivity contribution is 0.0468. The number of carbonyl (C=O) groups is 1. The molecule has 0 aliphatic carbocycles. The van der Waals surface area contributed by atoms with Gasteiger partial charge in [-0.3, -0.25) is 0 Å². The van der Waals surface area contributed by atoms with Gasteiger partial charge in [0, 0.05) is 14.7 Å². The molecular weight excluding hydrogens is 374 g/mol. The molecule has 0 unspecified atom stereocenters. The predicted molar refractivity (Wildman–Crippen MR) is 109 cm³/mol. The molecule has 0 heterocycles. The van der Waals surface area contributed by atoms with Crippen LogP contribution in [0.2, 0.25) is 0 Å². The van der Waals surface area contributed by atoms with Crippen LogP contribution in [-0.2, 0) is 11.3 Å². The van der Waals surface area contributed by atoms with Crippen LogP contribution in [0.25, 0.3) is 0 Å². The lowest BCUT2D eigenvalue weighted by atomic mass is 10.2. The third-order valence-corrected chi connectivity index (χ3v) is 5.76. The molecule has 0 amide bonds. The topological polar surface area (TPSA) is 50.1 Å². The fourth-order valence-electron chi connectivity index (χ4n) is 2.44. The number of nitrogens with zero attached hydrogens (tertiary/aromatic N) is 1. The van der Waals surface area contributed by atoms with Crippen LogP contribution in [0.15, 0.2) is 87.5 Å². The van der Waals surface area contributed by atoms with Crippen molar-refractivity contribution in [1.29, 1.82) is 5.26 Å². The Balaban J connectivity index is 1.74. The second kappa shape index (κ2) is 9.31. The van der Waals surface area contributed by atoms with Gasteiger partial charge in [-0.2, -0.15) is 5.26 Å². The molecule has 0 fully saturated rings. The van der Waals surface area contributed by atoms with E-state index in [1.165, 1.54) is 16.7 Å². The Kier molecular flexibility index (Phi) is 6.59. The minimum absolute atomic E-state index is 0.223. The first-order valence-electron chi connectivity index (χ1n) is 8.27. The summed E-state index contributed by atoms with van der Waals surface area (Å²) in [7, 11) is 0. The molecule has 0 spiro atoms. The smallest absolute Gasteiger partial charge is 0.339 e. The van der Waals surface area contributed by atoms with Crippen LogP contribution in [0.4, 0.5) is 0 Å². The van der Waals surface area contributed by atoms with Crippen molar-refractivity contribution in [3.05, 3.63) is 89.5 Å². The van der Waals surface area contributed by atoms with Gasteiger partial charge in [-0.1, -0.05) is 48.2 Å². The maximum absolute atomic E-state index is 12.6. The molecule has 0 atom stereocenters. The van der Waals surface area contributed by atoms with Crippen molar-refractivity contribution in [2.24, 2.45) is 0 Å². The zero-order valence-corrected chi connectivity index (χ0v) is 16.3. The molecule has 3 aromatic rings. The summed E-state index contributed by atoms with van der Waals surface area (Å²) in [5.41, 5.74) is 2.02. The first-order valence-corrected chi connectivity index (χ1v) is 10.3. The van der Waals surface area contributed by atoms with Crippen molar-refractivity contribution in [3.8, 4) is 6.07 Å². The first-order chi connectivity index (χ1) is 13.2. The molecular formula is C22H17NO2S2. The van der Waals surface area contributed by atoms with E-state index in [-0.39, 0.29) is 12.6 Å². The van der Waals surface area contributed by atoms with Gasteiger partial charge >= 0.3 is 5.97 Å². The summed E-state index contributed by atoms with van der Waals surface area (Å²) in [6.45, 7) is 0.223. The normalized spacial score (nSPS) is 10.2. The number of thioether (sulfide) groups is 1. The summed E-state index contributed by atoms with van der Waals surface area (Å²) in [6.07, 6.45) is 2.02. The Morgan fingerprint density at radius 2 is 1.63 bits per heavy atom. The second-order valence-corrected chi connectivity index (χ2v) is 7.59. The SMILES string of the molecule is CSc1ccc(COC(=O)c2ccccc2Sc2ccccc2C#N)cc1. The Labute approximate surface area is 167 Å². The van der Waals surface area contributed by atoms with Crippen LogP contribution in [0.5, 0.6) is 0 Å². The highest BCUT2D eigenvalue weighted by Gasteiger charge is 2.15. The Bertz CT molecular complexity index is 978. The van der Waals surface area contributed by atoms with Gasteiger partial charge in [0.2, 0.25) is 0 Å². The fraction of sp³-hybridized carbons (Fsp3) is 0.0909. The highest BCUT2D eigenvalue weighted by atomic mass is 32.2. The quantitative estimate of drug-likeness (QED) is 0.393. The molecule has 3 nitrogen and oxygen atoms in total. The summed E-state index contributed by atoms with van der Waals surface area (Å²) < 4.78 is 5.50. The summed E-state index contributed by atoms with van der Waals surface area (Å²) in [4.78, 5) is 15.4. The van der Waals surface area contributed by atoms with E-state index in [4.69, 9.17) is 4.74 Å². The molecule has 0 saturated heterocycles. The minimum Gasteiger partial charge on any atom is -0.457 e. The lowest BCUT2D eigenvalue weighted by Gasteiger charge is -2.10. The number of esters is 1. The number of hydrogen-bond acceptors (Lipinski definition) is 5. The van der Waals surface area contributed by atoms with Gasteiger partial charge in [0.1, 0.15) is 12.7 Å². The number of hydrogen-bond donors (Lipinski definition) is 0. The number of carbonyl (C=O) groups excluding carboxylic acids is 1. The maximum Gasteiger partial charge on any atom is 0.339 e. The Morgan fingerprint density at radius 1 is 0.963 bits per heavy atom. The molecule has 0 bridgehead atoms. The molecule has 134 valence electrons. The number of nitriles is 1. The van der Waals surface area contributed by atoms with Crippen LogP contribution in [0.3, 0.4) is 0 Å². The molecule has 3 rings (SSSR count). The van der Waals surface area contributed by atoms with Crippen molar-refractivity contribution >= 4 is 29.5 Å². The Morgan fingerprint density at radius 3 is 2.33 bits per heavy atom. The van der Waals surface area contributed by atoms with Crippen molar-refractivity contribution in [2.75, 3.05) is 6.26 Å². The van der Waals surface area contributed by atoms with Gasteiger partial charge in [0.25, 0.3) is 0 Å². The van der Waals surface area contributed by atoms with Gasteiger partial charge in [0.15, 0.2) is 0 Å². The van der Waals surface area contributed by atoms with Crippen molar-refractivity contribution < 1.29 is 9.53 Å². The fourth-order valence-corrected chi connectivity index (χ4v) is 3.86. The molecule has 5 heteroatoms. The van der Waals surface area contributed by atoms with Crippen LogP contribution in [-0.4, -0.2) is 12.2 Å². The maximum atomic E-state index is 12.6. The van der Waals surface area contributed by atoms with Crippen LogP contribution in [0, 0.1) is 11.3 Å². The standard InChI is InChI=1S/C22H17NO2S2/c1-26-18-12-10-16(11-13-18)15-25-22(24)19-7-3-5-9-21(19)27-20-8-4-2-6-17(20)14-23/h2-13H,15H2,1H3. The van der Waals surface area contributed by atoms with E-state index in [0.717, 1.165) is 15.4 Å². The van der Waals surface area contributed by atoms with E-state index in [1.807, 2.05) is 66.9 Å². The van der Waals surface area contributed by atoms with E-state index in [1.54, 1.807) is 23.9 Å². The first kappa shape index (κ1) is 19.1. The largest absolute Gasteiger partial charge is 0.457 e. The summed E-state index contributed by atoms with van der Waals surface area (Å²) in [5, 5.41) is 9.27. The summed E-state index contributed by atoms with van der Waals surface area (Å²) in [6, 6.07) is 24.8. The van der Waals surface area contributed by atoms with E-state index in [9.17, 15) is 10.1 Å². The van der Waals surface area contributed by atoms with Crippen LogP contribution in [0.1, 0.15) is 21.5 Å². The van der Waals surface area contributed by atoms with E-state index >= 15 is 0 Å². The Hall–Kier alpha value is -2.68. The molecule has 0 aliphatic heterocycles. The summed E-state index contributed by atoms with van der Waals surface area (Å²) >= 11 is 3.07. The molecule has 0 aliphatic rings. The van der Waals surface area contributed by atoms with Gasteiger partial charge in [-0.05, 0) is 48.2 Å². The third-order valence-electron chi connectivity index (χ3n) is 3.86. The van der Waals surface area contributed by atoms with Gasteiger partial charge in [-0.25, -0.2) is 4.79 Å². The van der Waals surface area contributed by atoms with Crippen molar-refractivity contribution in [1.82, 2.24) is 0 Å². The average molecular weight is 392 g/mol. The highest BCUT2D eigenvalue weighted by Crippen LogP contribution is 2.33. The van der Waals surface area contributed by atoms with E-state index in [0.29, 0.717) is 11.1 Å². The lowest BCUT2D eigenvalue weighted by Crippen LogP contribution is -2.06. The number of rotatable bonds is 6. The van der Waals surface area contributed by atoms with Crippen LogP contribution < -0.4 is 0 Å². The predicted octanol–water partition coefficient (Wildman–Crippen LogP) is 5.79. The second-order valence-electron chi connectivity index (χ2n) is 5.63. The van der Waals surface area contributed by atoms with E-state index < -0.39 is 0 Å². The monoisotopic (exact) mass is 391 g/mol. The van der Waals surface area contributed by atoms with Gasteiger partial charge in [-0.15, -0.1) is 11.8 Å². The molecule has 0 saturated carbocycles. The van der Waals surface area contributed by atoms with Crippen molar-refractivity contribution in [2.45, 2.75) is 21.3 Å². The van der Waals surface area contributed by atoms with Gasteiger partial charge in [0.05, 0.1) is 11.1 Å². The third kappa shape index (κ3) is 4.94. The zero-order chi connectivity index (χ0) is 19.1. The molecule has 0 aromatic heterocycles. The highest BCUT2D eigenvalue weighted by molar-refractivity contribution is 7.99. The minimum atomic E-state index is -0.374. The molecule has 0 radical (unpaired) electrons. The number of ether oxygens (including phenoxy) is 1. The molecule has 3 aromatic carbocycles. The summed E-state index contributed by atoms with van der Waals surface area (Å²) in [5.74, 6) is -0.374. The molecule has 27 heavy (non-hydrogen) atoms. The average Bonchev–Trinajstić information content (AvgIpc) is 2.73. The number of benzene rings is 3. The zero-order valence-electron chi connectivity index (χ0n) is 14.7. The van der Waals surface area contributed by atoms with Crippen LogP contribution >= 0.6 is 23.5 Å². The van der Waals surface area contributed by atoms with E-state index in [2.05, 4.69) is 6.07 Å². The van der Waals surface area contributed by atoms with Gasteiger partial charge < -0.3 is 4.74 Å². The van der Waals surface area contributed by atoms with Crippen molar-refractivity contribution in [3.63, 3.8) is 0 Å². The molecule has 0 N–H and O–H groups in total.